The Balaban J connectivity index is 2.04. The minimum Gasteiger partial charge on any atom is -0.409 e. The molecule has 2 atom stereocenters. The summed E-state index contributed by atoms with van der Waals surface area (Å²) < 4.78 is 5.46. The Morgan fingerprint density at radius 2 is 2.47 bits per heavy atom. The molecule has 5 heteroatoms. The monoisotopic (exact) mass is 215 g/mol. The maximum atomic E-state index is 8.34. The van der Waals surface area contributed by atoms with Gasteiger partial charge in [-0.15, -0.1) is 0 Å². The molecule has 1 aliphatic heterocycles. The van der Waals surface area contributed by atoms with E-state index in [1.807, 2.05) is 0 Å². The molecule has 5 nitrogen and oxygen atoms in total. The first kappa shape index (κ1) is 12.3. The van der Waals surface area contributed by atoms with Crippen molar-refractivity contribution >= 4 is 5.84 Å². The molecule has 0 saturated carbocycles. The van der Waals surface area contributed by atoms with Crippen molar-refractivity contribution in [2.75, 3.05) is 13.2 Å². The molecule has 4 N–H and O–H groups in total. The summed E-state index contributed by atoms with van der Waals surface area (Å²) in [4.78, 5) is 0. The van der Waals surface area contributed by atoms with Gasteiger partial charge >= 0.3 is 0 Å². The Kier molecular flexibility index (Phi) is 5.42. The zero-order chi connectivity index (χ0) is 11.1. The van der Waals surface area contributed by atoms with Crippen LogP contribution in [0.1, 0.15) is 32.6 Å². The Hall–Kier alpha value is -0.810. The Labute approximate surface area is 90.7 Å². The van der Waals surface area contributed by atoms with Gasteiger partial charge in [-0.3, -0.25) is 0 Å². The normalized spacial score (nSPS) is 27.9. The number of nitrogens with one attached hydrogen (secondary N) is 1. The van der Waals surface area contributed by atoms with Gasteiger partial charge in [0.1, 0.15) is 5.84 Å². The lowest BCUT2D eigenvalue weighted by Gasteiger charge is -2.28. The van der Waals surface area contributed by atoms with Crippen molar-refractivity contribution in [1.29, 1.82) is 0 Å². The first-order valence-corrected chi connectivity index (χ1v) is 5.53. The van der Waals surface area contributed by atoms with E-state index in [9.17, 15) is 0 Å². The fourth-order valence-corrected chi connectivity index (χ4v) is 1.81. The van der Waals surface area contributed by atoms with Crippen molar-refractivity contribution < 1.29 is 9.94 Å². The number of hydrogen-bond acceptors (Lipinski definition) is 4. The maximum absolute atomic E-state index is 8.34. The van der Waals surface area contributed by atoms with Gasteiger partial charge in [0.2, 0.25) is 0 Å². The molecule has 2 unspecified atom stereocenters. The number of hydrogen-bond donors (Lipinski definition) is 3. The predicted octanol–water partition coefficient (Wildman–Crippen LogP) is 0.670. The van der Waals surface area contributed by atoms with Crippen LogP contribution in [0.3, 0.4) is 0 Å². The molecule has 1 heterocycles. The van der Waals surface area contributed by atoms with E-state index in [4.69, 9.17) is 15.7 Å². The third-order valence-corrected chi connectivity index (χ3v) is 2.66. The molecule has 0 aromatic rings. The highest BCUT2D eigenvalue weighted by atomic mass is 16.5. The summed E-state index contributed by atoms with van der Waals surface area (Å²) >= 11 is 0. The van der Waals surface area contributed by atoms with Gasteiger partial charge in [-0.05, 0) is 32.7 Å². The van der Waals surface area contributed by atoms with Crippen molar-refractivity contribution in [2.24, 2.45) is 10.9 Å². The molecule has 1 saturated heterocycles. The number of nitrogens with zero attached hydrogens (tertiary/aromatic N) is 1. The fraction of sp³-hybridized carbons (Fsp3) is 0.900. The molecule has 0 bridgehead atoms. The van der Waals surface area contributed by atoms with Crippen molar-refractivity contribution in [1.82, 2.24) is 5.32 Å². The molecule has 1 rings (SSSR count). The van der Waals surface area contributed by atoms with E-state index in [0.29, 0.717) is 24.4 Å². The highest BCUT2D eigenvalue weighted by molar-refractivity contribution is 5.79. The molecule has 0 aromatic heterocycles. The largest absolute Gasteiger partial charge is 0.409 e. The van der Waals surface area contributed by atoms with Crippen LogP contribution in [0, 0.1) is 0 Å². The van der Waals surface area contributed by atoms with Gasteiger partial charge in [-0.2, -0.15) is 0 Å². The minimum atomic E-state index is 0.303. The smallest absolute Gasteiger partial charge is 0.139 e. The van der Waals surface area contributed by atoms with Crippen molar-refractivity contribution in [3.8, 4) is 0 Å². The second kappa shape index (κ2) is 6.63. The Bertz CT molecular complexity index is 209. The molecule has 0 spiro atoms. The minimum absolute atomic E-state index is 0.303. The van der Waals surface area contributed by atoms with E-state index in [-0.39, 0.29) is 0 Å². The third-order valence-electron chi connectivity index (χ3n) is 2.66. The fourth-order valence-electron chi connectivity index (χ4n) is 1.81. The van der Waals surface area contributed by atoms with Gasteiger partial charge in [0.25, 0.3) is 0 Å². The van der Waals surface area contributed by atoms with E-state index in [2.05, 4.69) is 17.4 Å². The van der Waals surface area contributed by atoms with Crippen LogP contribution in [0.2, 0.25) is 0 Å². The van der Waals surface area contributed by atoms with Gasteiger partial charge in [0.05, 0.1) is 6.10 Å². The third kappa shape index (κ3) is 4.99. The number of oxime groups is 1. The quantitative estimate of drug-likeness (QED) is 0.207. The van der Waals surface area contributed by atoms with Crippen molar-refractivity contribution in [2.45, 2.75) is 44.8 Å². The number of nitrogens with two attached hydrogens (primary N) is 1. The van der Waals surface area contributed by atoms with Gasteiger partial charge in [-0.1, -0.05) is 5.16 Å². The topological polar surface area (TPSA) is 79.9 Å². The SMILES string of the molecule is CC1CC(NCCCC(N)=NO)CCO1. The lowest BCUT2D eigenvalue weighted by Crippen LogP contribution is -2.38. The van der Waals surface area contributed by atoms with Crippen molar-refractivity contribution in [3.05, 3.63) is 0 Å². The average Bonchev–Trinajstić information content (AvgIpc) is 2.24. The first-order chi connectivity index (χ1) is 7.22. The van der Waals surface area contributed by atoms with Crippen LogP contribution >= 0.6 is 0 Å². The molecule has 0 aliphatic carbocycles. The summed E-state index contributed by atoms with van der Waals surface area (Å²) in [6, 6.07) is 0.557. The van der Waals surface area contributed by atoms with Crippen LogP contribution in [0.25, 0.3) is 0 Å². The second-order valence-corrected chi connectivity index (χ2v) is 4.05. The molecule has 1 aliphatic rings. The van der Waals surface area contributed by atoms with Crippen LogP contribution in [0.4, 0.5) is 0 Å². The highest BCUT2D eigenvalue weighted by Crippen LogP contribution is 2.12. The molecular weight excluding hydrogens is 194 g/mol. The van der Waals surface area contributed by atoms with Crippen molar-refractivity contribution in [3.63, 3.8) is 0 Å². The van der Waals surface area contributed by atoms with Crippen LogP contribution < -0.4 is 11.1 Å². The molecular formula is C10H21N3O2. The van der Waals surface area contributed by atoms with Gasteiger partial charge in [0.15, 0.2) is 0 Å². The standard InChI is InChI=1S/C10H21N3O2/c1-8-7-9(4-6-15-8)12-5-2-3-10(11)13-14/h8-9,12,14H,2-7H2,1H3,(H2,11,13). The van der Waals surface area contributed by atoms with Gasteiger partial charge in [0, 0.05) is 19.1 Å². The molecule has 0 radical (unpaired) electrons. The lowest BCUT2D eigenvalue weighted by atomic mass is 10.0. The average molecular weight is 215 g/mol. The van der Waals surface area contributed by atoms with E-state index < -0.39 is 0 Å². The summed E-state index contributed by atoms with van der Waals surface area (Å²) in [5.41, 5.74) is 5.37. The lowest BCUT2D eigenvalue weighted by molar-refractivity contribution is 0.0134. The molecule has 0 amide bonds. The molecule has 15 heavy (non-hydrogen) atoms. The summed E-state index contributed by atoms with van der Waals surface area (Å²) in [6.07, 6.45) is 4.06. The van der Waals surface area contributed by atoms with Gasteiger partial charge in [-0.25, -0.2) is 0 Å². The number of ether oxygens (including phenoxy) is 1. The molecule has 1 fully saturated rings. The van der Waals surface area contributed by atoms with Crippen LogP contribution in [0.15, 0.2) is 5.16 Å². The van der Waals surface area contributed by atoms with E-state index in [0.717, 1.165) is 32.4 Å². The zero-order valence-corrected chi connectivity index (χ0v) is 9.28. The Morgan fingerprint density at radius 1 is 1.67 bits per heavy atom. The number of amidine groups is 1. The summed E-state index contributed by atoms with van der Waals surface area (Å²) in [6.45, 7) is 3.86. The van der Waals surface area contributed by atoms with E-state index in [1.165, 1.54) is 0 Å². The summed E-state index contributed by atoms with van der Waals surface area (Å²) in [7, 11) is 0. The zero-order valence-electron chi connectivity index (χ0n) is 9.28. The summed E-state index contributed by atoms with van der Waals surface area (Å²) in [5.74, 6) is 0.303. The van der Waals surface area contributed by atoms with E-state index in [1.54, 1.807) is 0 Å². The highest BCUT2D eigenvalue weighted by Gasteiger charge is 2.18. The second-order valence-electron chi connectivity index (χ2n) is 4.05. The molecule has 0 aromatic carbocycles. The van der Waals surface area contributed by atoms with Gasteiger partial charge < -0.3 is 21.0 Å². The van der Waals surface area contributed by atoms with Crippen LogP contribution in [0.5, 0.6) is 0 Å². The Morgan fingerprint density at radius 3 is 3.13 bits per heavy atom. The molecule has 88 valence electrons. The summed E-state index contributed by atoms with van der Waals surface area (Å²) in [5, 5.41) is 14.7. The first-order valence-electron chi connectivity index (χ1n) is 5.53. The van der Waals surface area contributed by atoms with E-state index >= 15 is 0 Å². The number of rotatable bonds is 5. The maximum Gasteiger partial charge on any atom is 0.139 e. The van der Waals surface area contributed by atoms with Crippen LogP contribution in [-0.4, -0.2) is 36.3 Å². The predicted molar refractivity (Wildman–Crippen MR) is 59.1 cm³/mol. The van der Waals surface area contributed by atoms with Crippen LogP contribution in [-0.2, 0) is 4.74 Å².